The van der Waals surface area contributed by atoms with Gasteiger partial charge in [-0.2, -0.15) is 0 Å². The van der Waals surface area contributed by atoms with Crippen LogP contribution in [-0.2, 0) is 6.42 Å². The fourth-order valence-electron chi connectivity index (χ4n) is 3.07. The van der Waals surface area contributed by atoms with Gasteiger partial charge >= 0.3 is 0 Å². The first-order valence-electron chi connectivity index (χ1n) is 8.88. The Morgan fingerprint density at radius 2 is 1.96 bits per heavy atom. The lowest BCUT2D eigenvalue weighted by molar-refractivity contribution is 0.342. The Labute approximate surface area is 153 Å². The standard InChI is InChI=1S/C20H24N6/c21-18(8-9-20(23)26-11-2-1-3-12-26)25-19(22)14-15-6-7-17-16(13-15)5-4-10-24-17/h4-10,13,23H,1-3,11-12,14H2,(H3,21,22,25)/b9-8-,23-20?. The molecule has 1 fully saturated rings. The van der Waals surface area contributed by atoms with Crippen molar-refractivity contribution < 1.29 is 0 Å². The van der Waals surface area contributed by atoms with Gasteiger partial charge < -0.3 is 10.6 Å². The van der Waals surface area contributed by atoms with Crippen LogP contribution in [-0.4, -0.2) is 40.5 Å². The van der Waals surface area contributed by atoms with Gasteiger partial charge in [-0.15, -0.1) is 0 Å². The minimum Gasteiger partial charge on any atom is -0.387 e. The summed E-state index contributed by atoms with van der Waals surface area (Å²) in [4.78, 5) is 10.5. The quantitative estimate of drug-likeness (QED) is 0.584. The van der Waals surface area contributed by atoms with Crippen molar-refractivity contribution in [2.45, 2.75) is 25.7 Å². The molecule has 0 bridgehead atoms. The van der Waals surface area contributed by atoms with Crippen molar-refractivity contribution in [3.8, 4) is 0 Å². The van der Waals surface area contributed by atoms with Crippen molar-refractivity contribution in [1.29, 1.82) is 10.8 Å². The molecule has 0 unspecified atom stereocenters. The smallest absolute Gasteiger partial charge is 0.146 e. The zero-order valence-electron chi connectivity index (χ0n) is 14.8. The second-order valence-corrected chi connectivity index (χ2v) is 6.46. The summed E-state index contributed by atoms with van der Waals surface area (Å²) in [5.74, 6) is 0.879. The Morgan fingerprint density at radius 1 is 1.15 bits per heavy atom. The molecule has 0 atom stereocenters. The molecule has 6 nitrogen and oxygen atoms in total. The van der Waals surface area contributed by atoms with Gasteiger partial charge in [-0.1, -0.05) is 12.1 Å². The summed E-state index contributed by atoms with van der Waals surface area (Å²) in [6.45, 7) is 1.83. The fraction of sp³-hybridized carbons (Fsp3) is 0.300. The predicted octanol–water partition coefficient (Wildman–Crippen LogP) is 3.13. The maximum atomic E-state index is 8.07. The first kappa shape index (κ1) is 17.8. The molecule has 4 N–H and O–H groups in total. The first-order valence-corrected chi connectivity index (χ1v) is 8.88. The minimum atomic E-state index is 0.0618. The van der Waals surface area contributed by atoms with Gasteiger partial charge in [0.1, 0.15) is 17.5 Å². The van der Waals surface area contributed by atoms with Crippen molar-refractivity contribution in [2.75, 3.05) is 13.1 Å². The Bertz CT molecular complexity index is 861. The molecule has 6 heteroatoms. The maximum absolute atomic E-state index is 8.07. The number of hydrogen-bond donors (Lipinski definition) is 3. The predicted molar refractivity (Wildman–Crippen MR) is 107 cm³/mol. The van der Waals surface area contributed by atoms with Gasteiger partial charge in [0.15, 0.2) is 0 Å². The van der Waals surface area contributed by atoms with E-state index in [0.717, 1.165) is 42.4 Å². The Morgan fingerprint density at radius 3 is 2.77 bits per heavy atom. The minimum absolute atomic E-state index is 0.0618. The van der Waals surface area contributed by atoms with Crippen LogP contribution < -0.4 is 5.73 Å². The van der Waals surface area contributed by atoms with E-state index in [1.807, 2.05) is 35.2 Å². The molecule has 0 amide bonds. The number of nitrogens with zero attached hydrogens (tertiary/aromatic N) is 3. The zero-order chi connectivity index (χ0) is 18.4. The largest absolute Gasteiger partial charge is 0.387 e. The van der Waals surface area contributed by atoms with Crippen LogP contribution in [0.5, 0.6) is 0 Å². The van der Waals surface area contributed by atoms with Crippen molar-refractivity contribution >= 4 is 28.4 Å². The molecule has 0 radical (unpaired) electrons. The molecule has 1 aliphatic heterocycles. The van der Waals surface area contributed by atoms with Crippen molar-refractivity contribution in [3.05, 3.63) is 54.2 Å². The molecule has 1 aromatic heterocycles. The van der Waals surface area contributed by atoms with E-state index in [2.05, 4.69) is 9.98 Å². The van der Waals surface area contributed by atoms with E-state index in [1.54, 1.807) is 12.3 Å². The molecule has 26 heavy (non-hydrogen) atoms. The van der Waals surface area contributed by atoms with E-state index in [4.69, 9.17) is 16.6 Å². The Hall–Kier alpha value is -3.02. The highest BCUT2D eigenvalue weighted by Crippen LogP contribution is 2.14. The number of amidine groups is 3. The maximum Gasteiger partial charge on any atom is 0.146 e. The molecule has 0 spiro atoms. The number of nitrogens with two attached hydrogens (primary N) is 1. The third-order valence-corrected chi connectivity index (χ3v) is 4.41. The summed E-state index contributed by atoms with van der Waals surface area (Å²) >= 11 is 0. The van der Waals surface area contributed by atoms with Gasteiger partial charge in [-0.05, 0) is 55.2 Å². The van der Waals surface area contributed by atoms with Crippen LogP contribution in [0.3, 0.4) is 0 Å². The van der Waals surface area contributed by atoms with Gasteiger partial charge in [0.2, 0.25) is 0 Å². The number of piperidine rings is 1. The van der Waals surface area contributed by atoms with E-state index >= 15 is 0 Å². The van der Waals surface area contributed by atoms with Gasteiger partial charge in [-0.3, -0.25) is 15.8 Å². The summed E-state index contributed by atoms with van der Waals surface area (Å²) < 4.78 is 0. The molecular formula is C20H24N6. The second-order valence-electron chi connectivity index (χ2n) is 6.46. The second kappa shape index (κ2) is 8.38. The van der Waals surface area contributed by atoms with Gasteiger partial charge in [0.25, 0.3) is 0 Å². The lowest BCUT2D eigenvalue weighted by Crippen LogP contribution is -2.34. The number of likely N-dealkylation sites (tertiary alicyclic amines) is 1. The average molecular weight is 348 g/mol. The molecule has 1 aromatic carbocycles. The van der Waals surface area contributed by atoms with Crippen molar-refractivity contribution in [2.24, 2.45) is 10.7 Å². The number of aliphatic imine (C=N–C) groups is 1. The molecule has 1 aliphatic rings. The molecule has 0 aliphatic carbocycles. The number of pyridine rings is 1. The number of benzene rings is 1. The number of fused-ring (bicyclic) bond motifs is 1. The number of nitrogens with one attached hydrogen (secondary N) is 2. The van der Waals surface area contributed by atoms with Crippen molar-refractivity contribution in [3.63, 3.8) is 0 Å². The Kier molecular flexibility index (Phi) is 5.73. The van der Waals surface area contributed by atoms with Gasteiger partial charge in [0, 0.05) is 31.1 Å². The Balaban J connectivity index is 1.59. The normalized spacial score (nSPS) is 15.5. The number of rotatable bonds is 4. The van der Waals surface area contributed by atoms with Crippen molar-refractivity contribution in [1.82, 2.24) is 9.88 Å². The fourth-order valence-corrected chi connectivity index (χ4v) is 3.07. The number of aromatic nitrogens is 1. The lowest BCUT2D eigenvalue weighted by atomic mass is 10.1. The lowest BCUT2D eigenvalue weighted by Gasteiger charge is -2.27. The van der Waals surface area contributed by atoms with Gasteiger partial charge in [0.05, 0.1) is 5.52 Å². The highest BCUT2D eigenvalue weighted by Gasteiger charge is 2.11. The monoisotopic (exact) mass is 348 g/mol. The summed E-state index contributed by atoms with van der Waals surface area (Å²) in [5, 5.41) is 17.1. The van der Waals surface area contributed by atoms with E-state index in [1.165, 1.54) is 12.5 Å². The van der Waals surface area contributed by atoms with Gasteiger partial charge in [-0.25, -0.2) is 4.99 Å². The van der Waals surface area contributed by atoms with E-state index < -0.39 is 0 Å². The summed E-state index contributed by atoms with van der Waals surface area (Å²) in [6, 6.07) is 9.89. The van der Waals surface area contributed by atoms with Crippen LogP contribution in [0.15, 0.2) is 53.7 Å². The van der Waals surface area contributed by atoms with Crippen LogP contribution in [0.1, 0.15) is 24.8 Å². The zero-order valence-corrected chi connectivity index (χ0v) is 14.8. The molecule has 2 heterocycles. The van der Waals surface area contributed by atoms with E-state index in [-0.39, 0.29) is 5.84 Å². The SMILES string of the molecule is N=C(/C=C\C(=N)N1CCCCC1)N=C(N)Cc1ccc2ncccc2c1. The molecule has 134 valence electrons. The van der Waals surface area contributed by atoms with E-state index in [9.17, 15) is 0 Å². The summed E-state index contributed by atoms with van der Waals surface area (Å²) in [6.07, 6.45) is 8.90. The van der Waals surface area contributed by atoms with E-state index in [0.29, 0.717) is 18.1 Å². The first-order chi connectivity index (χ1) is 12.6. The molecule has 0 saturated carbocycles. The molecule has 1 saturated heterocycles. The van der Waals surface area contributed by atoms with Crippen LogP contribution >= 0.6 is 0 Å². The number of hydrogen-bond acceptors (Lipinski definition) is 3. The van der Waals surface area contributed by atoms with Crippen LogP contribution in [0, 0.1) is 10.8 Å². The average Bonchev–Trinajstić information content (AvgIpc) is 2.66. The van der Waals surface area contributed by atoms with Crippen LogP contribution in [0.25, 0.3) is 10.9 Å². The van der Waals surface area contributed by atoms with Crippen LogP contribution in [0.4, 0.5) is 0 Å². The topological polar surface area (TPSA) is 102 Å². The molecular weight excluding hydrogens is 324 g/mol. The molecule has 2 aromatic rings. The summed E-state index contributed by atoms with van der Waals surface area (Å²) in [7, 11) is 0. The van der Waals surface area contributed by atoms with Crippen LogP contribution in [0.2, 0.25) is 0 Å². The third-order valence-electron chi connectivity index (χ3n) is 4.41. The highest BCUT2D eigenvalue weighted by atomic mass is 15.2. The molecule has 3 rings (SSSR count). The highest BCUT2D eigenvalue weighted by molar-refractivity contribution is 6.04. The third kappa shape index (κ3) is 4.75. The summed E-state index contributed by atoms with van der Waals surface area (Å²) in [5.41, 5.74) is 7.97.